The molecule has 41 heavy (non-hydrogen) atoms. The van der Waals surface area contributed by atoms with E-state index in [1.165, 1.54) is 33.8 Å². The number of rotatable bonds is 8. The van der Waals surface area contributed by atoms with Gasteiger partial charge in [-0.1, -0.05) is 59.3 Å². The zero-order chi connectivity index (χ0) is 28.3. The molecule has 1 aliphatic heterocycles. The molecule has 1 atom stereocenters. The largest absolute Gasteiger partial charge is 0.454 e. The summed E-state index contributed by atoms with van der Waals surface area (Å²) >= 11 is 0. The van der Waals surface area contributed by atoms with Crippen LogP contribution in [0.15, 0.2) is 91.0 Å². The lowest BCUT2D eigenvalue weighted by Crippen LogP contribution is -2.42. The first-order chi connectivity index (χ1) is 19.9. The number of halogens is 1. The minimum atomic E-state index is -1.09. The Balaban J connectivity index is 1.38. The molecule has 1 aromatic heterocycles. The van der Waals surface area contributed by atoms with Crippen LogP contribution in [0.1, 0.15) is 22.7 Å². The molecular weight excluding hydrogens is 525 g/mol. The van der Waals surface area contributed by atoms with E-state index in [4.69, 9.17) is 9.47 Å². The average Bonchev–Trinajstić information content (AvgIpc) is 3.61. The van der Waals surface area contributed by atoms with E-state index in [0.717, 1.165) is 11.1 Å². The molecule has 4 aromatic carbocycles. The SMILES string of the molecule is Cc1ccc(CN(C(=O)Cn2nnc3ccccc32)C(C(=O)Nc2ccc3c(c2)OCO3)c2ccc(F)cc2)cc1. The fourth-order valence-electron chi connectivity index (χ4n) is 4.77. The van der Waals surface area contributed by atoms with Gasteiger partial charge in [-0.3, -0.25) is 9.59 Å². The van der Waals surface area contributed by atoms with Gasteiger partial charge in [-0.05, 0) is 54.4 Å². The normalized spacial score (nSPS) is 12.7. The Morgan fingerprint density at radius 3 is 2.54 bits per heavy atom. The Morgan fingerprint density at radius 2 is 1.73 bits per heavy atom. The number of fused-ring (bicyclic) bond motifs is 2. The number of hydrogen-bond donors (Lipinski definition) is 1. The van der Waals surface area contributed by atoms with E-state index in [1.807, 2.05) is 55.5 Å². The third kappa shape index (κ3) is 5.58. The topological polar surface area (TPSA) is 98.6 Å². The molecule has 0 saturated heterocycles. The molecule has 0 radical (unpaired) electrons. The molecule has 0 bridgehead atoms. The van der Waals surface area contributed by atoms with Gasteiger partial charge in [-0.2, -0.15) is 0 Å². The monoisotopic (exact) mass is 551 g/mol. The molecule has 0 saturated carbocycles. The number of para-hydroxylation sites is 1. The second-order valence-electron chi connectivity index (χ2n) is 9.75. The minimum Gasteiger partial charge on any atom is -0.454 e. The number of anilines is 1. The van der Waals surface area contributed by atoms with Crippen molar-refractivity contribution in [3.63, 3.8) is 0 Å². The van der Waals surface area contributed by atoms with Gasteiger partial charge in [-0.15, -0.1) is 5.10 Å². The molecular formula is C31H26FN5O4. The highest BCUT2D eigenvalue weighted by Gasteiger charge is 2.32. The van der Waals surface area contributed by atoms with Crippen molar-refractivity contribution < 1.29 is 23.5 Å². The number of nitrogens with one attached hydrogen (secondary N) is 1. The molecule has 1 unspecified atom stereocenters. The molecule has 6 rings (SSSR count). The quantitative estimate of drug-likeness (QED) is 0.291. The highest BCUT2D eigenvalue weighted by Crippen LogP contribution is 2.35. The summed E-state index contributed by atoms with van der Waals surface area (Å²) in [6.07, 6.45) is 0. The summed E-state index contributed by atoms with van der Waals surface area (Å²) in [5.41, 5.74) is 4.16. The number of aryl methyl sites for hydroxylation is 1. The molecule has 2 amide bonds. The number of benzene rings is 4. The number of carbonyl (C=O) groups is 2. The van der Waals surface area contributed by atoms with Gasteiger partial charge in [0.2, 0.25) is 12.7 Å². The summed E-state index contributed by atoms with van der Waals surface area (Å²) in [6.45, 7) is 2.05. The Hall–Kier alpha value is -5.25. The Kier molecular flexibility index (Phi) is 7.03. The molecule has 0 aliphatic carbocycles. The Bertz CT molecular complexity index is 1720. The zero-order valence-electron chi connectivity index (χ0n) is 22.2. The molecule has 2 heterocycles. The summed E-state index contributed by atoms with van der Waals surface area (Å²) in [5.74, 6) is -0.203. The van der Waals surface area contributed by atoms with E-state index in [-0.39, 0.29) is 25.8 Å². The second kappa shape index (κ2) is 11.1. The number of carbonyl (C=O) groups excluding carboxylic acids is 2. The van der Waals surface area contributed by atoms with Crippen molar-refractivity contribution in [1.82, 2.24) is 19.9 Å². The third-order valence-corrected chi connectivity index (χ3v) is 6.88. The van der Waals surface area contributed by atoms with Gasteiger partial charge < -0.3 is 19.7 Å². The van der Waals surface area contributed by atoms with Gasteiger partial charge in [-0.25, -0.2) is 9.07 Å². The van der Waals surface area contributed by atoms with Gasteiger partial charge in [0.1, 0.15) is 23.9 Å². The van der Waals surface area contributed by atoms with E-state index < -0.39 is 17.8 Å². The Morgan fingerprint density at radius 1 is 0.976 bits per heavy atom. The zero-order valence-corrected chi connectivity index (χ0v) is 22.2. The van der Waals surface area contributed by atoms with Gasteiger partial charge in [0.15, 0.2) is 11.5 Å². The fourth-order valence-corrected chi connectivity index (χ4v) is 4.77. The van der Waals surface area contributed by atoms with Crippen molar-refractivity contribution in [2.75, 3.05) is 12.1 Å². The maximum Gasteiger partial charge on any atom is 0.251 e. The van der Waals surface area contributed by atoms with E-state index in [2.05, 4.69) is 15.6 Å². The summed E-state index contributed by atoms with van der Waals surface area (Å²) < 4.78 is 26.3. The first-order valence-electron chi connectivity index (χ1n) is 13.0. The van der Waals surface area contributed by atoms with Gasteiger partial charge >= 0.3 is 0 Å². The van der Waals surface area contributed by atoms with Crippen LogP contribution in [0.4, 0.5) is 10.1 Å². The molecule has 1 N–H and O–H groups in total. The predicted octanol–water partition coefficient (Wildman–Crippen LogP) is 5.02. The van der Waals surface area contributed by atoms with Crippen LogP contribution in [0.2, 0.25) is 0 Å². The van der Waals surface area contributed by atoms with Crippen molar-refractivity contribution in [3.8, 4) is 11.5 Å². The fraction of sp³-hybridized carbons (Fsp3) is 0.161. The van der Waals surface area contributed by atoms with Crippen molar-refractivity contribution in [3.05, 3.63) is 114 Å². The summed E-state index contributed by atoms with van der Waals surface area (Å²) in [5, 5.41) is 11.2. The number of nitrogens with zero attached hydrogens (tertiary/aromatic N) is 4. The number of aromatic nitrogens is 3. The third-order valence-electron chi connectivity index (χ3n) is 6.88. The smallest absolute Gasteiger partial charge is 0.251 e. The molecule has 1 aliphatic rings. The predicted molar refractivity (Wildman–Crippen MR) is 150 cm³/mol. The van der Waals surface area contributed by atoms with Gasteiger partial charge in [0, 0.05) is 18.3 Å². The van der Waals surface area contributed by atoms with Crippen molar-refractivity contribution >= 4 is 28.5 Å². The molecule has 10 heteroatoms. The van der Waals surface area contributed by atoms with Crippen LogP contribution in [0.3, 0.4) is 0 Å². The average molecular weight is 552 g/mol. The van der Waals surface area contributed by atoms with Crippen LogP contribution in [0, 0.1) is 12.7 Å². The van der Waals surface area contributed by atoms with E-state index in [0.29, 0.717) is 33.8 Å². The Labute approximate surface area is 235 Å². The highest BCUT2D eigenvalue weighted by atomic mass is 19.1. The minimum absolute atomic E-state index is 0.0980. The van der Waals surface area contributed by atoms with Crippen LogP contribution in [0.5, 0.6) is 11.5 Å². The number of ether oxygens (including phenoxy) is 2. The molecule has 0 spiro atoms. The molecule has 5 aromatic rings. The number of amides is 2. The van der Waals surface area contributed by atoms with E-state index in [9.17, 15) is 14.0 Å². The summed E-state index contributed by atoms with van der Waals surface area (Å²) in [4.78, 5) is 29.5. The van der Waals surface area contributed by atoms with Gasteiger partial charge in [0.25, 0.3) is 5.91 Å². The first-order valence-corrected chi connectivity index (χ1v) is 13.0. The van der Waals surface area contributed by atoms with Crippen LogP contribution in [-0.4, -0.2) is 38.5 Å². The van der Waals surface area contributed by atoms with Crippen LogP contribution in [-0.2, 0) is 22.7 Å². The molecule has 9 nitrogen and oxygen atoms in total. The van der Waals surface area contributed by atoms with Gasteiger partial charge in [0.05, 0.1) is 5.52 Å². The van der Waals surface area contributed by atoms with Crippen LogP contribution >= 0.6 is 0 Å². The van der Waals surface area contributed by atoms with E-state index in [1.54, 1.807) is 18.2 Å². The maximum atomic E-state index is 14.1. The summed E-state index contributed by atoms with van der Waals surface area (Å²) in [7, 11) is 0. The lowest BCUT2D eigenvalue weighted by atomic mass is 10.0. The maximum absolute atomic E-state index is 14.1. The van der Waals surface area contributed by atoms with Crippen LogP contribution < -0.4 is 14.8 Å². The lowest BCUT2D eigenvalue weighted by molar-refractivity contribution is -0.140. The molecule has 206 valence electrons. The summed E-state index contributed by atoms with van der Waals surface area (Å²) in [6, 6.07) is 24.6. The highest BCUT2D eigenvalue weighted by molar-refractivity contribution is 5.98. The van der Waals surface area contributed by atoms with Crippen molar-refractivity contribution in [1.29, 1.82) is 0 Å². The first kappa shape index (κ1) is 26.0. The number of hydrogen-bond acceptors (Lipinski definition) is 6. The second-order valence-corrected chi connectivity index (χ2v) is 9.75. The lowest BCUT2D eigenvalue weighted by Gasteiger charge is -2.31. The van der Waals surface area contributed by atoms with Crippen molar-refractivity contribution in [2.24, 2.45) is 0 Å². The van der Waals surface area contributed by atoms with Crippen LogP contribution in [0.25, 0.3) is 11.0 Å². The molecule has 0 fully saturated rings. The standard InChI is InChI=1S/C31H26FN5O4/c1-20-6-8-21(9-7-20)17-36(29(38)18-37-26-5-3-2-4-25(26)34-35-37)30(22-10-12-23(32)13-11-22)31(39)33-24-14-15-27-28(16-24)41-19-40-27/h2-16,30H,17-19H2,1H3,(H,33,39). The van der Waals surface area contributed by atoms with E-state index >= 15 is 0 Å². The van der Waals surface area contributed by atoms with Crippen molar-refractivity contribution in [2.45, 2.75) is 26.1 Å².